The van der Waals surface area contributed by atoms with E-state index in [2.05, 4.69) is 0 Å². The zero-order chi connectivity index (χ0) is 13.1. The fourth-order valence-corrected chi connectivity index (χ4v) is 1.32. The molecule has 0 N–H and O–H groups in total. The third kappa shape index (κ3) is 5.67. The first-order valence-electron chi connectivity index (χ1n) is 5.03. The summed E-state index contributed by atoms with van der Waals surface area (Å²) < 4.78 is 42.7. The summed E-state index contributed by atoms with van der Waals surface area (Å²) in [5, 5.41) is 0. The van der Waals surface area contributed by atoms with Crippen molar-refractivity contribution in [2.75, 3.05) is 6.61 Å². The summed E-state index contributed by atoms with van der Waals surface area (Å²) in [5.41, 5.74) is 2.03. The van der Waals surface area contributed by atoms with Crippen LogP contribution in [0.2, 0.25) is 0 Å². The van der Waals surface area contributed by atoms with Crippen LogP contribution in [0.4, 0.5) is 12.9 Å². The van der Waals surface area contributed by atoms with Crippen LogP contribution in [0.25, 0.3) is 0 Å². The maximum atomic E-state index is 12.5. The number of aryl methyl sites for hydroxylation is 1. The summed E-state index contributed by atoms with van der Waals surface area (Å²) in [5.74, 6) is 0.437. The van der Waals surface area contributed by atoms with E-state index in [4.69, 9.17) is 16.3 Å². The Morgan fingerprint density at radius 3 is 2.44 bits per heavy atom. The van der Waals surface area contributed by atoms with Crippen molar-refractivity contribution >= 4 is 24.0 Å². The Morgan fingerprint density at radius 1 is 1.39 bits per heavy atom. The van der Waals surface area contributed by atoms with Gasteiger partial charge in [-0.05, 0) is 31.1 Å². The predicted molar refractivity (Wildman–Crippen MR) is 65.0 cm³/mol. The van der Waals surface area contributed by atoms with E-state index in [1.54, 1.807) is 13.8 Å². The van der Waals surface area contributed by atoms with Gasteiger partial charge in [0.2, 0.25) is 0 Å². The largest absolute Gasteiger partial charge is 1.00 e. The Labute approximate surface area is 152 Å². The molecular formula is C11H12BClF3KO. The van der Waals surface area contributed by atoms with Crippen LogP contribution < -0.4 is 61.6 Å². The first kappa shape index (κ1) is 18.5. The normalized spacial score (nSPS) is 12.0. The Kier molecular flexibility index (Phi) is 8.21. The van der Waals surface area contributed by atoms with Gasteiger partial charge in [0.25, 0.3) is 0 Å². The molecule has 0 spiro atoms. The van der Waals surface area contributed by atoms with Crippen LogP contribution in [0, 0.1) is 6.92 Å². The molecule has 0 bridgehead atoms. The molecule has 7 heteroatoms. The third-order valence-electron chi connectivity index (χ3n) is 2.22. The number of rotatable bonds is 4. The molecule has 1 aromatic rings. The second-order valence-corrected chi connectivity index (χ2v) is 4.06. The summed E-state index contributed by atoms with van der Waals surface area (Å²) in [4.78, 5) is 0. The Hall–Kier alpha value is 0.541. The van der Waals surface area contributed by atoms with E-state index >= 15 is 0 Å². The van der Waals surface area contributed by atoms with E-state index in [0.29, 0.717) is 11.3 Å². The van der Waals surface area contributed by atoms with Crippen molar-refractivity contribution in [3.8, 4) is 5.75 Å². The van der Waals surface area contributed by atoms with Crippen molar-refractivity contribution in [3.05, 3.63) is 34.9 Å². The molecule has 0 atom stereocenters. The molecular weight excluding hydrogens is 290 g/mol. The molecule has 0 amide bonds. The van der Waals surface area contributed by atoms with Gasteiger partial charge >= 0.3 is 58.4 Å². The first-order chi connectivity index (χ1) is 7.84. The zero-order valence-electron chi connectivity index (χ0n) is 10.5. The van der Waals surface area contributed by atoms with Gasteiger partial charge in [-0.15, -0.1) is 5.46 Å². The van der Waals surface area contributed by atoms with Gasteiger partial charge in [-0.1, -0.05) is 23.7 Å². The van der Waals surface area contributed by atoms with Crippen LogP contribution >= 0.6 is 11.6 Å². The standard InChI is InChI=1S/C11H12BClF3O.K/c1-8(6-13)7-17-11-4-3-10(5-9(11)2)12(14,15)16;/h3-6H,7H2,1-2H3;/q-1;+1/b8-6-;. The Bertz CT molecular complexity index is 435. The van der Waals surface area contributed by atoms with E-state index in [0.717, 1.165) is 17.7 Å². The first-order valence-corrected chi connectivity index (χ1v) is 5.47. The van der Waals surface area contributed by atoms with Crippen LogP contribution in [0.1, 0.15) is 12.5 Å². The van der Waals surface area contributed by atoms with Crippen LogP contribution in [0.5, 0.6) is 5.75 Å². The maximum Gasteiger partial charge on any atom is 1.00 e. The minimum atomic E-state index is -4.96. The van der Waals surface area contributed by atoms with Crippen molar-refractivity contribution in [1.29, 1.82) is 0 Å². The molecule has 0 aliphatic rings. The van der Waals surface area contributed by atoms with Crippen molar-refractivity contribution in [2.45, 2.75) is 13.8 Å². The summed E-state index contributed by atoms with van der Waals surface area (Å²) in [6, 6.07) is 3.46. The van der Waals surface area contributed by atoms with Gasteiger partial charge in [0.05, 0.1) is 0 Å². The molecule has 1 rings (SSSR count). The van der Waals surface area contributed by atoms with Crippen LogP contribution in [-0.4, -0.2) is 13.6 Å². The predicted octanol–water partition coefficient (Wildman–Crippen LogP) is 0.575. The minimum Gasteiger partial charge on any atom is -0.489 e. The monoisotopic (exact) mass is 302 g/mol. The van der Waals surface area contributed by atoms with Crippen LogP contribution in [-0.2, 0) is 0 Å². The number of hydrogen-bond acceptors (Lipinski definition) is 1. The summed E-state index contributed by atoms with van der Waals surface area (Å²) in [6.45, 7) is -1.33. The van der Waals surface area contributed by atoms with Crippen molar-refractivity contribution in [1.82, 2.24) is 0 Å². The number of benzene rings is 1. The number of ether oxygens (including phenoxy) is 1. The molecule has 0 saturated heterocycles. The molecule has 1 nitrogen and oxygen atoms in total. The summed E-state index contributed by atoms with van der Waals surface area (Å²) >= 11 is 5.45. The molecule has 0 aliphatic heterocycles. The van der Waals surface area contributed by atoms with Crippen LogP contribution in [0.3, 0.4) is 0 Å². The quantitative estimate of drug-likeness (QED) is 0.739. The molecule has 18 heavy (non-hydrogen) atoms. The van der Waals surface area contributed by atoms with Gasteiger partial charge in [-0.25, -0.2) is 0 Å². The van der Waals surface area contributed by atoms with E-state index in [-0.39, 0.29) is 58.0 Å². The maximum absolute atomic E-state index is 12.5. The van der Waals surface area contributed by atoms with Crippen molar-refractivity contribution < 1.29 is 69.1 Å². The zero-order valence-corrected chi connectivity index (χ0v) is 14.4. The van der Waals surface area contributed by atoms with Gasteiger partial charge in [0.15, 0.2) is 0 Å². The molecule has 0 unspecified atom stereocenters. The SMILES string of the molecule is C/C(=C/Cl)COc1ccc([B-](F)(F)F)cc1C.[K+]. The molecule has 94 valence electrons. The second-order valence-electron chi connectivity index (χ2n) is 3.84. The molecule has 1 aromatic carbocycles. The van der Waals surface area contributed by atoms with Crippen molar-refractivity contribution in [3.63, 3.8) is 0 Å². The Balaban J connectivity index is 0.00000289. The number of hydrogen-bond donors (Lipinski definition) is 0. The molecule has 0 heterocycles. The van der Waals surface area contributed by atoms with E-state index in [1.165, 1.54) is 11.6 Å². The van der Waals surface area contributed by atoms with E-state index < -0.39 is 12.4 Å². The van der Waals surface area contributed by atoms with Crippen molar-refractivity contribution in [2.24, 2.45) is 0 Å². The molecule has 0 aromatic heterocycles. The summed E-state index contributed by atoms with van der Waals surface area (Å²) in [6.07, 6.45) is 0. The van der Waals surface area contributed by atoms with E-state index in [1.807, 2.05) is 0 Å². The fraction of sp³-hybridized carbons (Fsp3) is 0.273. The van der Waals surface area contributed by atoms with Gasteiger partial charge in [0.1, 0.15) is 12.4 Å². The second kappa shape index (κ2) is 7.97. The van der Waals surface area contributed by atoms with Gasteiger partial charge in [-0.2, -0.15) is 0 Å². The molecule has 0 fully saturated rings. The molecule has 0 saturated carbocycles. The average Bonchev–Trinajstić information content (AvgIpc) is 2.25. The topological polar surface area (TPSA) is 9.23 Å². The Morgan fingerprint density at radius 2 is 2.00 bits per heavy atom. The van der Waals surface area contributed by atoms with E-state index in [9.17, 15) is 12.9 Å². The van der Waals surface area contributed by atoms with Gasteiger partial charge in [0, 0.05) is 5.54 Å². The van der Waals surface area contributed by atoms with Gasteiger partial charge < -0.3 is 17.7 Å². The minimum absolute atomic E-state index is 0. The molecule has 0 radical (unpaired) electrons. The fourth-order valence-electron chi connectivity index (χ4n) is 1.26. The van der Waals surface area contributed by atoms with Gasteiger partial charge in [-0.3, -0.25) is 0 Å². The summed E-state index contributed by atoms with van der Waals surface area (Å²) in [7, 11) is 0. The van der Waals surface area contributed by atoms with Crippen LogP contribution in [0.15, 0.2) is 29.3 Å². The smallest absolute Gasteiger partial charge is 0.489 e. The average molecular weight is 303 g/mol. The third-order valence-corrected chi connectivity index (χ3v) is 2.59. The molecule has 0 aliphatic carbocycles. The number of halogens is 4.